The van der Waals surface area contributed by atoms with E-state index in [9.17, 15) is 9.59 Å². The largest absolute Gasteiger partial charge is 0.456 e. The van der Waals surface area contributed by atoms with Gasteiger partial charge in [-0.15, -0.1) is 0 Å². The lowest BCUT2D eigenvalue weighted by Gasteiger charge is -2.05. The van der Waals surface area contributed by atoms with Crippen LogP contribution in [0.15, 0.2) is 102 Å². The summed E-state index contributed by atoms with van der Waals surface area (Å²) in [7, 11) is 0. The van der Waals surface area contributed by atoms with Gasteiger partial charge >= 0.3 is 5.97 Å². The maximum atomic E-state index is 12.5. The van der Waals surface area contributed by atoms with Crippen LogP contribution in [0.25, 0.3) is 23.0 Å². The number of esters is 1. The van der Waals surface area contributed by atoms with Gasteiger partial charge in [0.2, 0.25) is 0 Å². The number of hydrogen-bond acceptors (Lipinski definition) is 5. The zero-order chi connectivity index (χ0) is 24.9. The molecule has 0 radical (unpaired) electrons. The van der Waals surface area contributed by atoms with Gasteiger partial charge in [0, 0.05) is 35.7 Å². The van der Waals surface area contributed by atoms with Crippen molar-refractivity contribution in [1.82, 2.24) is 19.2 Å². The second-order valence-corrected chi connectivity index (χ2v) is 8.44. The van der Waals surface area contributed by atoms with Crippen LogP contribution in [0.1, 0.15) is 22.4 Å². The van der Waals surface area contributed by atoms with Crippen molar-refractivity contribution in [1.29, 1.82) is 0 Å². The molecule has 0 N–H and O–H groups in total. The molecule has 0 atom stereocenters. The Morgan fingerprint density at radius 1 is 0.972 bits per heavy atom. The molecule has 0 bridgehead atoms. The fourth-order valence-electron chi connectivity index (χ4n) is 3.91. The first-order valence-corrected chi connectivity index (χ1v) is 11.6. The van der Waals surface area contributed by atoms with Crippen molar-refractivity contribution in [2.24, 2.45) is 0 Å². The van der Waals surface area contributed by atoms with Crippen molar-refractivity contribution >= 4 is 17.7 Å². The van der Waals surface area contributed by atoms with Gasteiger partial charge in [-0.25, -0.2) is 9.78 Å². The minimum Gasteiger partial charge on any atom is -0.456 e. The van der Waals surface area contributed by atoms with E-state index in [2.05, 4.69) is 4.98 Å². The van der Waals surface area contributed by atoms with Gasteiger partial charge in [0.1, 0.15) is 12.3 Å². The van der Waals surface area contributed by atoms with Crippen LogP contribution in [0.4, 0.5) is 0 Å². The molecule has 0 saturated heterocycles. The summed E-state index contributed by atoms with van der Waals surface area (Å²) < 4.78 is 8.69. The highest BCUT2D eigenvalue weighted by molar-refractivity contribution is 5.88. The van der Waals surface area contributed by atoms with E-state index in [0.29, 0.717) is 17.9 Å². The van der Waals surface area contributed by atoms with Gasteiger partial charge in [-0.1, -0.05) is 66.7 Å². The Bertz CT molecular complexity index is 1600. The third-order valence-electron chi connectivity index (χ3n) is 5.65. The highest BCUT2D eigenvalue weighted by atomic mass is 16.5. The molecule has 5 rings (SSSR count). The highest BCUT2D eigenvalue weighted by Gasteiger charge is 2.11. The summed E-state index contributed by atoms with van der Waals surface area (Å²) in [4.78, 5) is 29.3. The lowest BCUT2D eigenvalue weighted by Crippen LogP contribution is -2.16. The lowest BCUT2D eigenvalue weighted by molar-refractivity contribution is -0.139. The molecule has 0 aliphatic heterocycles. The first kappa shape index (κ1) is 23.0. The SMILES string of the molecule is Cc1ccc2nc(COC(=O)/C=C/c3cn(Cc4ccccc4)nc3-c3ccccc3)cc(=O)n2c1. The smallest absolute Gasteiger partial charge is 0.331 e. The standard InChI is InChI=1S/C29H24N4O3/c1-21-12-14-26-30-25(16-27(34)33(26)17-21)20-36-28(35)15-13-24-19-32(18-22-8-4-2-5-9-22)31-29(24)23-10-6-3-7-11-23/h2-17,19H,18,20H2,1H3/b15-13+. The van der Waals surface area contributed by atoms with Crippen molar-refractivity contribution in [2.75, 3.05) is 0 Å². The Morgan fingerprint density at radius 2 is 1.72 bits per heavy atom. The predicted octanol–water partition coefficient (Wildman–Crippen LogP) is 4.67. The van der Waals surface area contributed by atoms with Crippen LogP contribution in [0.3, 0.4) is 0 Å². The molecule has 0 fully saturated rings. The zero-order valence-corrected chi connectivity index (χ0v) is 19.7. The van der Waals surface area contributed by atoms with Gasteiger partial charge < -0.3 is 4.74 Å². The van der Waals surface area contributed by atoms with Crippen molar-refractivity contribution in [3.05, 3.63) is 130 Å². The molecule has 3 heterocycles. The van der Waals surface area contributed by atoms with Gasteiger partial charge in [-0.3, -0.25) is 13.9 Å². The molecule has 0 spiro atoms. The highest BCUT2D eigenvalue weighted by Crippen LogP contribution is 2.23. The first-order valence-electron chi connectivity index (χ1n) is 11.6. The summed E-state index contributed by atoms with van der Waals surface area (Å²) in [5, 5.41) is 4.76. The predicted molar refractivity (Wildman–Crippen MR) is 138 cm³/mol. The molecule has 3 aromatic heterocycles. The second-order valence-electron chi connectivity index (χ2n) is 8.44. The Morgan fingerprint density at radius 3 is 2.50 bits per heavy atom. The summed E-state index contributed by atoms with van der Waals surface area (Å²) in [5.74, 6) is -0.532. The molecule has 7 heteroatoms. The number of hydrogen-bond donors (Lipinski definition) is 0. The molecule has 0 unspecified atom stereocenters. The second kappa shape index (κ2) is 10.2. The van der Waals surface area contributed by atoms with E-state index in [0.717, 1.165) is 27.9 Å². The number of benzene rings is 2. The van der Waals surface area contributed by atoms with E-state index < -0.39 is 5.97 Å². The summed E-state index contributed by atoms with van der Waals surface area (Å²) in [6, 6.07) is 24.9. The van der Waals surface area contributed by atoms with Gasteiger partial charge in [0.15, 0.2) is 0 Å². The number of fused-ring (bicyclic) bond motifs is 1. The first-order chi connectivity index (χ1) is 17.5. The van der Waals surface area contributed by atoms with E-state index in [1.54, 1.807) is 18.3 Å². The fraction of sp³-hybridized carbons (Fsp3) is 0.103. The van der Waals surface area contributed by atoms with E-state index >= 15 is 0 Å². The molecule has 0 aliphatic carbocycles. The fourth-order valence-corrected chi connectivity index (χ4v) is 3.91. The third kappa shape index (κ3) is 5.31. The molecular formula is C29H24N4O3. The van der Waals surface area contributed by atoms with Crippen LogP contribution in [0, 0.1) is 6.92 Å². The van der Waals surface area contributed by atoms with Crippen LogP contribution < -0.4 is 5.56 Å². The average molecular weight is 477 g/mol. The molecule has 7 nitrogen and oxygen atoms in total. The van der Waals surface area contributed by atoms with Gasteiger partial charge in [-0.2, -0.15) is 5.10 Å². The number of nitrogens with zero attached hydrogens (tertiary/aromatic N) is 4. The van der Waals surface area contributed by atoms with Crippen LogP contribution in [0.5, 0.6) is 0 Å². The number of rotatable bonds is 7. The van der Waals surface area contributed by atoms with Gasteiger partial charge in [-0.05, 0) is 30.2 Å². The molecule has 36 heavy (non-hydrogen) atoms. The Hall–Kier alpha value is -4.78. The quantitative estimate of drug-likeness (QED) is 0.252. The number of pyridine rings is 1. The maximum absolute atomic E-state index is 12.5. The molecule has 2 aromatic carbocycles. The molecule has 178 valence electrons. The summed E-state index contributed by atoms with van der Waals surface area (Å²) in [5.41, 5.74) is 5.29. The zero-order valence-electron chi connectivity index (χ0n) is 19.7. The van der Waals surface area contributed by atoms with Crippen LogP contribution in [-0.4, -0.2) is 25.1 Å². The van der Waals surface area contributed by atoms with Crippen LogP contribution in [0.2, 0.25) is 0 Å². The van der Waals surface area contributed by atoms with E-state index in [4.69, 9.17) is 9.84 Å². The van der Waals surface area contributed by atoms with Crippen molar-refractivity contribution in [3.63, 3.8) is 0 Å². The number of carbonyl (C=O) groups is 1. The summed E-state index contributed by atoms with van der Waals surface area (Å²) in [6.45, 7) is 2.42. The van der Waals surface area contributed by atoms with Crippen molar-refractivity contribution < 1.29 is 9.53 Å². The summed E-state index contributed by atoms with van der Waals surface area (Å²) in [6.07, 6.45) is 6.70. The summed E-state index contributed by atoms with van der Waals surface area (Å²) >= 11 is 0. The molecule has 0 aliphatic rings. The Kier molecular flexibility index (Phi) is 6.53. The average Bonchev–Trinajstić information content (AvgIpc) is 3.30. The number of carbonyl (C=O) groups excluding carboxylic acids is 1. The molecular weight excluding hydrogens is 452 g/mol. The van der Waals surface area contributed by atoms with E-state index in [-0.39, 0.29) is 12.2 Å². The van der Waals surface area contributed by atoms with Crippen LogP contribution in [-0.2, 0) is 22.7 Å². The monoisotopic (exact) mass is 476 g/mol. The third-order valence-corrected chi connectivity index (χ3v) is 5.65. The maximum Gasteiger partial charge on any atom is 0.331 e. The topological polar surface area (TPSA) is 78.5 Å². The van der Waals surface area contributed by atoms with E-state index in [1.165, 1.54) is 16.5 Å². The number of aryl methyl sites for hydroxylation is 1. The normalized spacial score (nSPS) is 11.2. The molecule has 0 amide bonds. The van der Waals surface area contributed by atoms with Gasteiger partial charge in [0.05, 0.1) is 17.9 Å². The van der Waals surface area contributed by atoms with Crippen molar-refractivity contribution in [3.8, 4) is 11.3 Å². The molecule has 0 saturated carbocycles. The minimum atomic E-state index is -0.532. The van der Waals surface area contributed by atoms with Crippen LogP contribution >= 0.6 is 0 Å². The lowest BCUT2D eigenvalue weighted by atomic mass is 10.1. The molecule has 5 aromatic rings. The minimum absolute atomic E-state index is 0.0956. The number of aromatic nitrogens is 4. The number of ether oxygens (including phenoxy) is 1. The Balaban J connectivity index is 1.33. The van der Waals surface area contributed by atoms with E-state index in [1.807, 2.05) is 84.5 Å². The van der Waals surface area contributed by atoms with Crippen molar-refractivity contribution in [2.45, 2.75) is 20.1 Å². The Labute approximate surface area is 207 Å². The van der Waals surface area contributed by atoms with Gasteiger partial charge in [0.25, 0.3) is 5.56 Å².